The molecule has 30 heavy (non-hydrogen) atoms. The summed E-state index contributed by atoms with van der Waals surface area (Å²) in [7, 11) is 1.26. The summed E-state index contributed by atoms with van der Waals surface area (Å²) in [6.45, 7) is 0. The first kappa shape index (κ1) is 21.5. The Morgan fingerprint density at radius 3 is 2.33 bits per heavy atom. The first-order valence-corrected chi connectivity index (χ1v) is 8.66. The Kier molecular flexibility index (Phi) is 5.44. The molecular formula is C20H17F6N3O. The number of hydrogen-bond donors (Lipinski definition) is 2. The van der Waals surface area contributed by atoms with E-state index in [4.69, 9.17) is 10.5 Å². The molecule has 1 aromatic carbocycles. The average molecular weight is 429 g/mol. The quantitative estimate of drug-likeness (QED) is 0.496. The summed E-state index contributed by atoms with van der Waals surface area (Å²) in [4.78, 5) is 3.77. The van der Waals surface area contributed by atoms with Crippen LogP contribution in [0.5, 0.6) is 5.88 Å². The van der Waals surface area contributed by atoms with Gasteiger partial charge in [-0.15, -0.1) is 0 Å². The molecule has 0 spiro atoms. The zero-order chi connectivity index (χ0) is 22.2. The molecule has 3 rings (SSSR count). The summed E-state index contributed by atoms with van der Waals surface area (Å²) in [6, 6.07) is 8.16. The van der Waals surface area contributed by atoms with Crippen LogP contribution in [0.15, 0.2) is 60.6 Å². The molecule has 0 saturated heterocycles. The Labute approximate surface area is 168 Å². The first-order valence-electron chi connectivity index (χ1n) is 8.66. The fourth-order valence-corrected chi connectivity index (χ4v) is 3.12. The molecule has 1 aliphatic carbocycles. The molecule has 4 nitrogen and oxygen atoms in total. The highest BCUT2D eigenvalue weighted by molar-refractivity contribution is 5.78. The number of aromatic nitrogens is 1. The van der Waals surface area contributed by atoms with Gasteiger partial charge in [0.2, 0.25) is 5.88 Å². The summed E-state index contributed by atoms with van der Waals surface area (Å²) >= 11 is 0. The largest absolute Gasteiger partial charge is 0.481 e. The molecule has 1 heterocycles. The van der Waals surface area contributed by atoms with Crippen LogP contribution in [0.25, 0.3) is 5.57 Å². The molecule has 3 N–H and O–H groups in total. The second kappa shape index (κ2) is 7.58. The van der Waals surface area contributed by atoms with Crippen molar-refractivity contribution in [1.82, 2.24) is 4.98 Å². The maximum atomic E-state index is 14.9. The number of nitrogens with two attached hydrogens (primary N) is 1. The van der Waals surface area contributed by atoms with Gasteiger partial charge in [-0.05, 0) is 23.8 Å². The standard InChI is InChI=1S/C20H17F6N3O/c1-30-17-10-14(7-9-28-17)29-18(19(22,23)20(24,25)26)8-6-15(16(21)11-18)12-2-4-13(27)5-3-12/h2-10H,11,27H2,1H3,(H,28,29). The summed E-state index contributed by atoms with van der Waals surface area (Å²) < 4.78 is 88.9. The van der Waals surface area contributed by atoms with Gasteiger partial charge in [0.05, 0.1) is 7.11 Å². The smallest absolute Gasteiger partial charge is 0.456 e. The number of nitrogens with zero attached hydrogens (tertiary/aromatic N) is 1. The molecule has 2 aromatic rings. The Morgan fingerprint density at radius 1 is 1.10 bits per heavy atom. The number of benzene rings is 1. The molecule has 1 atom stereocenters. The third kappa shape index (κ3) is 3.81. The monoisotopic (exact) mass is 429 g/mol. The highest BCUT2D eigenvalue weighted by Gasteiger charge is 2.70. The van der Waals surface area contributed by atoms with Crippen LogP contribution in [-0.2, 0) is 0 Å². The van der Waals surface area contributed by atoms with E-state index in [1.54, 1.807) is 0 Å². The van der Waals surface area contributed by atoms with E-state index in [2.05, 4.69) is 10.3 Å². The van der Waals surface area contributed by atoms with Crippen molar-refractivity contribution in [3.05, 3.63) is 66.1 Å². The normalized spacial score (nSPS) is 19.7. The Morgan fingerprint density at radius 2 is 1.77 bits per heavy atom. The van der Waals surface area contributed by atoms with E-state index in [0.29, 0.717) is 17.3 Å². The van der Waals surface area contributed by atoms with Gasteiger partial charge in [0.15, 0.2) is 0 Å². The number of methoxy groups -OCH3 is 1. The molecule has 0 aliphatic heterocycles. The van der Waals surface area contributed by atoms with Gasteiger partial charge in [0.25, 0.3) is 0 Å². The van der Waals surface area contributed by atoms with Crippen LogP contribution >= 0.6 is 0 Å². The maximum Gasteiger partial charge on any atom is 0.456 e. The summed E-state index contributed by atoms with van der Waals surface area (Å²) in [5, 5.41) is 2.16. The van der Waals surface area contributed by atoms with Gasteiger partial charge >= 0.3 is 12.1 Å². The van der Waals surface area contributed by atoms with Crippen LogP contribution in [0.1, 0.15) is 12.0 Å². The molecule has 1 unspecified atom stereocenters. The van der Waals surface area contributed by atoms with E-state index in [1.165, 1.54) is 43.6 Å². The number of allylic oxidation sites excluding steroid dienone is 2. The second-order valence-corrected chi connectivity index (χ2v) is 6.71. The van der Waals surface area contributed by atoms with Crippen LogP contribution in [-0.4, -0.2) is 29.7 Å². The Hall–Kier alpha value is -3.17. The van der Waals surface area contributed by atoms with E-state index in [0.717, 1.165) is 12.1 Å². The summed E-state index contributed by atoms with van der Waals surface area (Å²) in [5.41, 5.74) is 2.93. The van der Waals surface area contributed by atoms with Crippen molar-refractivity contribution in [1.29, 1.82) is 0 Å². The van der Waals surface area contributed by atoms with Crippen molar-refractivity contribution >= 4 is 16.9 Å². The molecule has 160 valence electrons. The molecule has 0 fully saturated rings. The number of halogens is 6. The lowest BCUT2D eigenvalue weighted by Gasteiger charge is -2.41. The van der Waals surface area contributed by atoms with Crippen molar-refractivity contribution < 1.29 is 31.1 Å². The average Bonchev–Trinajstić information content (AvgIpc) is 2.68. The maximum absolute atomic E-state index is 14.9. The van der Waals surface area contributed by atoms with Crippen molar-refractivity contribution in [2.24, 2.45) is 0 Å². The summed E-state index contributed by atoms with van der Waals surface area (Å²) in [6.07, 6.45) is -4.45. The van der Waals surface area contributed by atoms with Crippen LogP contribution < -0.4 is 15.8 Å². The van der Waals surface area contributed by atoms with E-state index >= 15 is 0 Å². The van der Waals surface area contributed by atoms with Crippen molar-refractivity contribution in [2.45, 2.75) is 24.1 Å². The number of ether oxygens (including phenoxy) is 1. The minimum absolute atomic E-state index is 0.0103. The lowest BCUT2D eigenvalue weighted by atomic mass is 9.80. The van der Waals surface area contributed by atoms with Crippen molar-refractivity contribution in [3.8, 4) is 5.88 Å². The number of rotatable bonds is 5. The fourth-order valence-electron chi connectivity index (χ4n) is 3.12. The predicted molar refractivity (Wildman–Crippen MR) is 101 cm³/mol. The molecule has 0 bridgehead atoms. The van der Waals surface area contributed by atoms with Gasteiger partial charge < -0.3 is 15.8 Å². The van der Waals surface area contributed by atoms with Crippen molar-refractivity contribution in [3.63, 3.8) is 0 Å². The van der Waals surface area contributed by atoms with Crippen LogP contribution in [0.4, 0.5) is 37.7 Å². The van der Waals surface area contributed by atoms with E-state index in [-0.39, 0.29) is 17.1 Å². The van der Waals surface area contributed by atoms with Crippen LogP contribution in [0.2, 0.25) is 0 Å². The third-order valence-electron chi connectivity index (χ3n) is 4.71. The molecule has 0 amide bonds. The van der Waals surface area contributed by atoms with Gasteiger partial charge in [-0.2, -0.15) is 22.0 Å². The first-order chi connectivity index (χ1) is 14.0. The van der Waals surface area contributed by atoms with Crippen LogP contribution in [0, 0.1) is 0 Å². The van der Waals surface area contributed by atoms with Gasteiger partial charge in [0.1, 0.15) is 11.4 Å². The Bertz CT molecular complexity index is 985. The minimum atomic E-state index is -5.93. The SMILES string of the molecule is COc1cc(NC2(C(F)(F)C(F)(F)F)C=CC(c3ccc(N)cc3)=C(F)C2)ccn1. The van der Waals surface area contributed by atoms with E-state index in [1.807, 2.05) is 0 Å². The molecular weight excluding hydrogens is 412 g/mol. The lowest BCUT2D eigenvalue weighted by Crippen LogP contribution is -2.61. The number of anilines is 2. The van der Waals surface area contributed by atoms with E-state index < -0.39 is 29.9 Å². The number of alkyl halides is 5. The summed E-state index contributed by atoms with van der Waals surface area (Å²) in [5.74, 6) is -6.43. The highest BCUT2D eigenvalue weighted by Crippen LogP contribution is 2.51. The molecule has 1 aliphatic rings. The molecule has 0 saturated carbocycles. The fraction of sp³-hybridized carbons (Fsp3) is 0.250. The topological polar surface area (TPSA) is 60.2 Å². The molecule has 10 heteroatoms. The number of hydrogen-bond acceptors (Lipinski definition) is 4. The van der Waals surface area contributed by atoms with Gasteiger partial charge in [0, 0.05) is 35.6 Å². The van der Waals surface area contributed by atoms with Crippen LogP contribution in [0.3, 0.4) is 0 Å². The van der Waals surface area contributed by atoms with Crippen molar-refractivity contribution in [2.75, 3.05) is 18.2 Å². The number of nitrogens with one attached hydrogen (secondary N) is 1. The molecule has 0 radical (unpaired) electrons. The van der Waals surface area contributed by atoms with Gasteiger partial charge in [-0.1, -0.05) is 24.3 Å². The van der Waals surface area contributed by atoms with Gasteiger partial charge in [-0.25, -0.2) is 9.37 Å². The lowest BCUT2D eigenvalue weighted by molar-refractivity contribution is -0.298. The third-order valence-corrected chi connectivity index (χ3v) is 4.71. The van der Waals surface area contributed by atoms with Gasteiger partial charge in [-0.3, -0.25) is 0 Å². The predicted octanol–water partition coefficient (Wildman–Crippen LogP) is 5.36. The minimum Gasteiger partial charge on any atom is -0.481 e. The number of pyridine rings is 1. The number of nitrogen functional groups attached to an aromatic ring is 1. The zero-order valence-corrected chi connectivity index (χ0v) is 15.6. The highest BCUT2D eigenvalue weighted by atomic mass is 19.4. The van der Waals surface area contributed by atoms with E-state index in [9.17, 15) is 26.3 Å². The Balaban J connectivity index is 2.06. The zero-order valence-electron chi connectivity index (χ0n) is 15.6. The molecule has 1 aromatic heterocycles. The second-order valence-electron chi connectivity index (χ2n) is 6.71.